The third-order valence-corrected chi connectivity index (χ3v) is 14.2. The summed E-state index contributed by atoms with van der Waals surface area (Å²) < 4.78 is 36.1. The second-order valence-electron chi connectivity index (χ2n) is 15.4. The number of thioether (sulfide) groups is 1. The predicted octanol–water partition coefficient (Wildman–Crippen LogP) is 3.76. The Kier molecular flexibility index (Phi) is 8.44. The van der Waals surface area contributed by atoms with Crippen LogP contribution in [-0.4, -0.2) is 114 Å². The zero-order valence-electron chi connectivity index (χ0n) is 31.8. The van der Waals surface area contributed by atoms with Crippen LogP contribution in [0.15, 0.2) is 18.2 Å². The summed E-state index contributed by atoms with van der Waals surface area (Å²) in [6.07, 6.45) is -0.00348. The van der Waals surface area contributed by atoms with Crippen LogP contribution in [0.25, 0.3) is 0 Å². The number of phenols is 2. The molecule has 1 unspecified atom stereocenters. The number of aromatic hydroxyl groups is 2. The summed E-state index contributed by atoms with van der Waals surface area (Å²) in [5.74, 6) is 1.05. The number of fused-ring (bicyclic) bond motifs is 9. The number of ether oxygens (including phenoxy) is 6. The summed E-state index contributed by atoms with van der Waals surface area (Å²) >= 11 is 1.49. The molecule has 0 aromatic heterocycles. The molecule has 7 atom stereocenters. The minimum atomic E-state index is -1.32. The van der Waals surface area contributed by atoms with Crippen LogP contribution in [0, 0.1) is 13.8 Å². The summed E-state index contributed by atoms with van der Waals surface area (Å²) in [6.45, 7) is 5.35. The number of nitrogens with zero attached hydrogens (tertiary/aromatic N) is 3. The van der Waals surface area contributed by atoms with Gasteiger partial charge in [-0.25, -0.2) is 4.79 Å². The minimum Gasteiger partial charge on any atom is -0.504 e. The molecular formula is C40H45N3O11S. The average Bonchev–Trinajstić information content (AvgIpc) is 3.64. The van der Waals surface area contributed by atoms with Gasteiger partial charge in [-0.3, -0.25) is 19.5 Å². The van der Waals surface area contributed by atoms with Gasteiger partial charge >= 0.3 is 11.9 Å². The van der Waals surface area contributed by atoms with Crippen molar-refractivity contribution in [2.24, 2.45) is 0 Å². The highest BCUT2D eigenvalue weighted by molar-refractivity contribution is 7.99. The number of aliphatic hydroxyl groups is 1. The maximum absolute atomic E-state index is 14.9. The first kappa shape index (κ1) is 36.2. The monoisotopic (exact) mass is 775 g/mol. The standard InChI is InChI=1S/C40H45N3O11S/c1-17-10-21-11-23-38(47)43-24-14-51-39(48)40(22-13-26(49-6)25(45)12-20(22)8-9-41(40)4)15-55-37(31(43)30(42(23)5)27(21)32(46)33(17)50-7)29-28(24)36-35(52-16-53-36)18(2)34(29)54-19(3)44/h10,12-13,23-24,30-31,37-38,45-47H,8-9,11,14-16H2,1-7H3/t23?,24-,30+,31+,37+,38-,40+/m0/s1. The molecule has 7 aliphatic heterocycles. The number of rotatable bonds is 3. The van der Waals surface area contributed by atoms with E-state index in [1.165, 1.54) is 32.9 Å². The molecule has 0 amide bonds. The van der Waals surface area contributed by atoms with E-state index in [1.807, 2.05) is 43.8 Å². The van der Waals surface area contributed by atoms with Crippen LogP contribution in [0.1, 0.15) is 68.8 Å². The minimum absolute atomic E-state index is 0.0155. The van der Waals surface area contributed by atoms with Crippen molar-refractivity contribution in [2.45, 2.75) is 74.8 Å². The molecule has 7 aliphatic rings. The second kappa shape index (κ2) is 12.8. The number of esters is 2. The van der Waals surface area contributed by atoms with Crippen LogP contribution >= 0.6 is 11.8 Å². The van der Waals surface area contributed by atoms with Crippen molar-refractivity contribution in [3.63, 3.8) is 0 Å². The van der Waals surface area contributed by atoms with E-state index in [-0.39, 0.29) is 42.4 Å². The lowest BCUT2D eigenvalue weighted by Crippen LogP contribution is -2.70. The van der Waals surface area contributed by atoms with Crippen molar-refractivity contribution in [1.29, 1.82) is 0 Å². The summed E-state index contributed by atoms with van der Waals surface area (Å²) in [5, 5.41) is 34.8. The highest BCUT2D eigenvalue weighted by Crippen LogP contribution is 2.64. The van der Waals surface area contributed by atoms with E-state index in [9.17, 15) is 24.9 Å². The second-order valence-corrected chi connectivity index (χ2v) is 16.5. The number of carbonyl (C=O) groups excluding carboxylic acids is 2. The fourth-order valence-electron chi connectivity index (χ4n) is 10.3. The van der Waals surface area contributed by atoms with Gasteiger partial charge in [0.1, 0.15) is 18.6 Å². The van der Waals surface area contributed by atoms with E-state index < -0.39 is 47.1 Å². The van der Waals surface area contributed by atoms with Crippen LogP contribution in [0.3, 0.4) is 0 Å². The third kappa shape index (κ3) is 4.89. The molecule has 2 fully saturated rings. The molecule has 55 heavy (non-hydrogen) atoms. The first-order valence-corrected chi connectivity index (χ1v) is 19.5. The number of phenolic OH excluding ortho intramolecular Hbond substituents is 2. The molecule has 15 heteroatoms. The van der Waals surface area contributed by atoms with Gasteiger partial charge in [-0.2, -0.15) is 0 Å². The summed E-state index contributed by atoms with van der Waals surface area (Å²) in [7, 11) is 6.87. The number of piperazine rings is 1. The number of likely N-dealkylation sites (N-methyl/N-ethyl adjacent to an activating group) is 2. The highest BCUT2D eigenvalue weighted by atomic mass is 32.2. The van der Waals surface area contributed by atoms with Gasteiger partial charge in [0.15, 0.2) is 40.0 Å². The van der Waals surface area contributed by atoms with E-state index in [2.05, 4.69) is 4.90 Å². The van der Waals surface area contributed by atoms with E-state index >= 15 is 0 Å². The predicted molar refractivity (Wildman–Crippen MR) is 199 cm³/mol. The van der Waals surface area contributed by atoms with Gasteiger partial charge in [-0.15, -0.1) is 11.8 Å². The van der Waals surface area contributed by atoms with Gasteiger partial charge in [0, 0.05) is 47.5 Å². The van der Waals surface area contributed by atoms with Gasteiger partial charge in [-0.1, -0.05) is 6.07 Å². The number of methoxy groups -OCH3 is 2. The molecule has 3 N–H and O–H groups in total. The van der Waals surface area contributed by atoms with Gasteiger partial charge in [0.25, 0.3) is 0 Å². The van der Waals surface area contributed by atoms with Crippen LogP contribution in [0.5, 0.6) is 40.2 Å². The van der Waals surface area contributed by atoms with Crippen molar-refractivity contribution >= 4 is 23.7 Å². The summed E-state index contributed by atoms with van der Waals surface area (Å²) in [4.78, 5) is 34.0. The van der Waals surface area contributed by atoms with Crippen LogP contribution in [0.4, 0.5) is 0 Å². The van der Waals surface area contributed by atoms with Crippen LogP contribution in [0.2, 0.25) is 0 Å². The first-order valence-electron chi connectivity index (χ1n) is 18.4. The molecule has 0 aliphatic carbocycles. The highest BCUT2D eigenvalue weighted by Gasteiger charge is 2.62. The van der Waals surface area contributed by atoms with Crippen molar-refractivity contribution in [3.05, 3.63) is 62.7 Å². The van der Waals surface area contributed by atoms with Crippen molar-refractivity contribution in [2.75, 3.05) is 54.0 Å². The number of aliphatic hydroxyl groups excluding tert-OH is 1. The average molecular weight is 776 g/mol. The summed E-state index contributed by atoms with van der Waals surface area (Å²) in [5.41, 5.74) is 4.48. The van der Waals surface area contributed by atoms with Gasteiger partial charge in [-0.05, 0) is 75.2 Å². The number of hydrogen-bond donors (Lipinski definition) is 3. The van der Waals surface area contributed by atoms with Gasteiger partial charge < -0.3 is 43.7 Å². The molecule has 7 heterocycles. The number of benzene rings is 3. The lowest BCUT2D eigenvalue weighted by atomic mass is 9.73. The molecule has 3 aromatic rings. The molecular weight excluding hydrogens is 731 g/mol. The van der Waals surface area contributed by atoms with E-state index in [0.717, 1.165) is 16.7 Å². The topological polar surface area (TPSA) is 160 Å². The molecule has 292 valence electrons. The van der Waals surface area contributed by atoms with Gasteiger partial charge in [0.2, 0.25) is 6.79 Å². The molecule has 1 spiro atoms. The van der Waals surface area contributed by atoms with Crippen molar-refractivity contribution in [1.82, 2.24) is 14.7 Å². The van der Waals surface area contributed by atoms with E-state index in [4.69, 9.17) is 28.4 Å². The molecule has 2 saturated heterocycles. The Morgan fingerprint density at radius 1 is 0.982 bits per heavy atom. The largest absolute Gasteiger partial charge is 0.504 e. The lowest BCUT2D eigenvalue weighted by Gasteiger charge is -2.62. The SMILES string of the molecule is COc1cc2c(cc1O)CCN(C)[C@]21CS[C@@H]2c3c(OC(C)=O)c(C)c4c(c3[C@H](COC1=O)N1[C@@H]2[C@H]2c3c(cc(C)c(OC)c3O)CC([C@@H]1O)N2C)OCO4. The Morgan fingerprint density at radius 3 is 2.47 bits per heavy atom. The fraction of sp³-hybridized carbons (Fsp3) is 0.500. The summed E-state index contributed by atoms with van der Waals surface area (Å²) in [6, 6.07) is 3.19. The maximum atomic E-state index is 14.9. The Bertz CT molecular complexity index is 2160. The maximum Gasteiger partial charge on any atom is 0.332 e. The fourth-order valence-corrected chi connectivity index (χ4v) is 12.1. The number of aryl methyl sites for hydroxylation is 1. The molecule has 14 nitrogen and oxygen atoms in total. The Labute approximate surface area is 322 Å². The third-order valence-electron chi connectivity index (χ3n) is 12.8. The lowest BCUT2D eigenvalue weighted by molar-refractivity contribution is -0.188. The van der Waals surface area contributed by atoms with Crippen molar-refractivity contribution in [3.8, 4) is 40.2 Å². The van der Waals surface area contributed by atoms with Gasteiger partial charge in [0.05, 0.1) is 37.6 Å². The Hall–Kier alpha value is -4.41. The normalized spacial score (nSPS) is 29.5. The zero-order valence-corrected chi connectivity index (χ0v) is 32.6. The molecule has 4 bridgehead atoms. The molecule has 0 saturated carbocycles. The van der Waals surface area contributed by atoms with Crippen molar-refractivity contribution < 1.29 is 53.3 Å². The molecule has 3 aromatic carbocycles. The number of hydrogen-bond acceptors (Lipinski definition) is 15. The van der Waals surface area contributed by atoms with E-state index in [1.54, 1.807) is 12.1 Å². The molecule has 0 radical (unpaired) electrons. The smallest absolute Gasteiger partial charge is 0.332 e. The van der Waals surface area contributed by atoms with E-state index in [0.29, 0.717) is 70.2 Å². The first-order chi connectivity index (χ1) is 26.3. The quantitative estimate of drug-likeness (QED) is 0.261. The van der Waals surface area contributed by atoms with Crippen LogP contribution < -0.4 is 23.7 Å². The zero-order chi connectivity index (χ0) is 38.8. The molecule has 10 rings (SSSR count). The van der Waals surface area contributed by atoms with Crippen LogP contribution in [-0.2, 0) is 32.7 Å². The number of carbonyl (C=O) groups is 2. The Balaban J connectivity index is 1.33. The Morgan fingerprint density at radius 2 is 1.75 bits per heavy atom.